The second kappa shape index (κ2) is 5.87. The second-order valence-electron chi connectivity index (χ2n) is 3.72. The number of nitro groups is 1. The number of hydrogen-bond acceptors (Lipinski definition) is 6. The first-order valence-electron chi connectivity index (χ1n) is 5.10. The molecule has 0 radical (unpaired) electrons. The third kappa shape index (κ3) is 3.11. The maximum Gasteiger partial charge on any atom is 0.281 e. The Balaban J connectivity index is 3.17. The van der Waals surface area contributed by atoms with Crippen molar-refractivity contribution in [2.75, 3.05) is 14.1 Å². The first-order chi connectivity index (χ1) is 8.49. The van der Waals surface area contributed by atoms with E-state index in [1.165, 1.54) is 6.08 Å². The normalized spacial score (nSPS) is 12.2. The minimum Gasteiger partial charge on any atom is -0.334 e. The largest absolute Gasteiger partial charge is 0.334 e. The third-order valence-electron chi connectivity index (χ3n) is 2.03. The van der Waals surface area contributed by atoms with Gasteiger partial charge in [0.15, 0.2) is 5.82 Å². The summed E-state index contributed by atoms with van der Waals surface area (Å²) in [5.41, 5.74) is -0.0578. The molecule has 0 unspecified atom stereocenters. The Labute approximate surface area is 104 Å². The van der Waals surface area contributed by atoms with Gasteiger partial charge in [0.25, 0.3) is 11.6 Å². The fourth-order valence-corrected chi connectivity index (χ4v) is 1.29. The summed E-state index contributed by atoms with van der Waals surface area (Å²) in [5.74, 6) is 0.509. The Morgan fingerprint density at radius 2 is 2.17 bits per heavy atom. The highest BCUT2D eigenvalue weighted by molar-refractivity contribution is 5.71. The molecule has 0 spiro atoms. The Bertz CT molecular complexity index is 502. The van der Waals surface area contributed by atoms with Crippen LogP contribution in [-0.2, 0) is 6.54 Å². The van der Waals surface area contributed by atoms with Gasteiger partial charge in [-0.1, -0.05) is 18.3 Å². The molecule has 0 fully saturated rings. The van der Waals surface area contributed by atoms with Crippen LogP contribution in [0.2, 0.25) is 0 Å². The number of nitrogens with zero attached hydrogens (tertiary/aromatic N) is 4. The summed E-state index contributed by atoms with van der Waals surface area (Å²) in [7, 11) is 3.71. The van der Waals surface area contributed by atoms with Crippen LogP contribution in [-0.4, -0.2) is 34.1 Å². The maximum atomic E-state index is 10.8. The Morgan fingerprint density at radius 1 is 1.50 bits per heavy atom. The first-order valence-corrected chi connectivity index (χ1v) is 5.10. The van der Waals surface area contributed by atoms with Crippen LogP contribution in [0.5, 0.6) is 0 Å². The molecule has 7 heteroatoms. The first kappa shape index (κ1) is 13.8. The van der Waals surface area contributed by atoms with E-state index in [0.717, 1.165) is 6.08 Å². The smallest absolute Gasteiger partial charge is 0.281 e. The Kier molecular flexibility index (Phi) is 4.50. The van der Waals surface area contributed by atoms with Crippen molar-refractivity contribution >= 4 is 5.57 Å². The van der Waals surface area contributed by atoms with Crippen molar-refractivity contribution in [2.24, 2.45) is 0 Å². The quantitative estimate of drug-likeness (QED) is 0.432. The van der Waals surface area contributed by atoms with Crippen molar-refractivity contribution in [1.82, 2.24) is 15.0 Å². The van der Waals surface area contributed by atoms with Gasteiger partial charge >= 0.3 is 0 Å². The minimum atomic E-state index is -0.570. The van der Waals surface area contributed by atoms with Crippen LogP contribution < -0.4 is 0 Å². The van der Waals surface area contributed by atoms with E-state index in [1.54, 1.807) is 0 Å². The van der Waals surface area contributed by atoms with Gasteiger partial charge in [0.05, 0.1) is 11.5 Å². The molecule has 7 nitrogen and oxygen atoms in total. The highest BCUT2D eigenvalue weighted by Crippen LogP contribution is 2.19. The van der Waals surface area contributed by atoms with Crippen molar-refractivity contribution < 1.29 is 9.45 Å². The molecule has 18 heavy (non-hydrogen) atoms. The van der Waals surface area contributed by atoms with E-state index in [2.05, 4.69) is 23.3 Å². The van der Waals surface area contributed by atoms with E-state index < -0.39 is 4.92 Å². The number of aromatic nitrogens is 2. The van der Waals surface area contributed by atoms with Crippen LogP contribution in [0, 0.1) is 10.1 Å². The average Bonchev–Trinajstić information content (AvgIpc) is 2.72. The van der Waals surface area contributed by atoms with Crippen LogP contribution in [0.1, 0.15) is 11.7 Å². The summed E-state index contributed by atoms with van der Waals surface area (Å²) in [6.45, 7) is 7.38. The number of allylic oxidation sites excluding steroid dienone is 3. The summed E-state index contributed by atoms with van der Waals surface area (Å²) in [4.78, 5) is 16.2. The van der Waals surface area contributed by atoms with E-state index in [0.29, 0.717) is 12.4 Å². The number of hydrogen-bond donors (Lipinski definition) is 0. The summed E-state index contributed by atoms with van der Waals surface area (Å²) in [5, 5.41) is 14.6. The van der Waals surface area contributed by atoms with Gasteiger partial charge in [-0.2, -0.15) is 4.98 Å². The molecule has 1 rings (SSSR count). The zero-order valence-corrected chi connectivity index (χ0v) is 10.3. The van der Waals surface area contributed by atoms with Gasteiger partial charge in [-0.3, -0.25) is 10.1 Å². The van der Waals surface area contributed by atoms with Gasteiger partial charge in [0.1, 0.15) is 5.57 Å². The van der Waals surface area contributed by atoms with Gasteiger partial charge < -0.3 is 9.42 Å². The average molecular weight is 250 g/mol. The molecule has 0 amide bonds. The minimum absolute atomic E-state index is 0.0634. The second-order valence-corrected chi connectivity index (χ2v) is 3.72. The van der Waals surface area contributed by atoms with Crippen molar-refractivity contribution in [3.63, 3.8) is 0 Å². The summed E-state index contributed by atoms with van der Waals surface area (Å²) in [6.07, 6.45) is 2.42. The lowest BCUT2D eigenvalue weighted by Crippen LogP contribution is -2.11. The Morgan fingerprint density at radius 3 is 2.61 bits per heavy atom. The molecule has 1 heterocycles. The van der Waals surface area contributed by atoms with Crippen LogP contribution in [0.3, 0.4) is 0 Å². The van der Waals surface area contributed by atoms with Gasteiger partial charge in [-0.05, 0) is 20.2 Å². The Hall–Kier alpha value is -2.28. The van der Waals surface area contributed by atoms with Crippen LogP contribution in [0.4, 0.5) is 0 Å². The van der Waals surface area contributed by atoms with E-state index in [-0.39, 0.29) is 17.2 Å². The molecule has 0 aliphatic carbocycles. The van der Waals surface area contributed by atoms with Crippen LogP contribution in [0.15, 0.2) is 35.5 Å². The van der Waals surface area contributed by atoms with E-state index in [4.69, 9.17) is 4.52 Å². The predicted molar refractivity (Wildman–Crippen MR) is 66.0 cm³/mol. The molecule has 0 aromatic carbocycles. The van der Waals surface area contributed by atoms with Gasteiger partial charge in [-0.25, -0.2) is 0 Å². The lowest BCUT2D eigenvalue weighted by atomic mass is 10.2. The maximum absolute atomic E-state index is 10.8. The molecule has 0 aliphatic heterocycles. The lowest BCUT2D eigenvalue weighted by Gasteiger charge is -2.03. The zero-order valence-electron chi connectivity index (χ0n) is 10.3. The fourth-order valence-electron chi connectivity index (χ4n) is 1.29. The summed E-state index contributed by atoms with van der Waals surface area (Å²) >= 11 is 0. The SMILES string of the molecule is C=C/C(=C(\C=C)[N+](=O)[O-])c1nc(CN(C)C)no1. The predicted octanol–water partition coefficient (Wildman–Crippen LogP) is 1.49. The van der Waals surface area contributed by atoms with E-state index >= 15 is 0 Å². The highest BCUT2D eigenvalue weighted by Gasteiger charge is 2.19. The fraction of sp³-hybridized carbons (Fsp3) is 0.273. The van der Waals surface area contributed by atoms with E-state index in [1.807, 2.05) is 19.0 Å². The summed E-state index contributed by atoms with van der Waals surface area (Å²) < 4.78 is 4.98. The summed E-state index contributed by atoms with van der Waals surface area (Å²) in [6, 6.07) is 0. The van der Waals surface area contributed by atoms with Crippen LogP contribution in [0.25, 0.3) is 5.57 Å². The molecule has 0 saturated carbocycles. The van der Waals surface area contributed by atoms with Crippen molar-refractivity contribution in [2.45, 2.75) is 6.54 Å². The molecule has 1 aromatic heterocycles. The van der Waals surface area contributed by atoms with Crippen molar-refractivity contribution in [3.8, 4) is 0 Å². The lowest BCUT2D eigenvalue weighted by molar-refractivity contribution is -0.417. The van der Waals surface area contributed by atoms with Crippen molar-refractivity contribution in [3.05, 3.63) is 52.8 Å². The molecular weight excluding hydrogens is 236 g/mol. The third-order valence-corrected chi connectivity index (χ3v) is 2.03. The monoisotopic (exact) mass is 250 g/mol. The molecular formula is C11H14N4O3. The van der Waals surface area contributed by atoms with Crippen molar-refractivity contribution in [1.29, 1.82) is 0 Å². The van der Waals surface area contributed by atoms with Gasteiger partial charge in [-0.15, -0.1) is 0 Å². The molecule has 0 bridgehead atoms. The highest BCUT2D eigenvalue weighted by atomic mass is 16.6. The standard InChI is InChI=1S/C11H14N4O3/c1-5-8(9(6-2)15(16)17)11-12-10(13-18-11)7-14(3)4/h5-6H,1-2,7H2,3-4H3/b9-8-. The van der Waals surface area contributed by atoms with Gasteiger partial charge in [0.2, 0.25) is 0 Å². The van der Waals surface area contributed by atoms with Crippen LogP contribution >= 0.6 is 0 Å². The molecule has 96 valence electrons. The van der Waals surface area contributed by atoms with E-state index in [9.17, 15) is 10.1 Å². The molecule has 0 atom stereocenters. The molecule has 0 aliphatic rings. The number of rotatable bonds is 6. The molecule has 0 N–H and O–H groups in total. The van der Waals surface area contributed by atoms with Gasteiger partial charge in [0, 0.05) is 6.08 Å². The molecule has 1 aromatic rings. The molecule has 0 saturated heterocycles. The zero-order chi connectivity index (χ0) is 13.7. The topological polar surface area (TPSA) is 85.3 Å².